The third-order valence-corrected chi connectivity index (χ3v) is 5.30. The molecule has 1 aromatic carbocycles. The second-order valence-corrected chi connectivity index (χ2v) is 8.30. The molecule has 0 bridgehead atoms. The van der Waals surface area contributed by atoms with Crippen LogP contribution in [0.15, 0.2) is 42.6 Å². The van der Waals surface area contributed by atoms with Gasteiger partial charge in [0.05, 0.1) is 11.4 Å². The largest absolute Gasteiger partial charge is 0.306 e. The normalized spacial score (nSPS) is 18.1. The quantitative estimate of drug-likeness (QED) is 0.714. The first-order valence-electron chi connectivity index (χ1n) is 9.50. The van der Waals surface area contributed by atoms with Gasteiger partial charge >= 0.3 is 0 Å². The summed E-state index contributed by atoms with van der Waals surface area (Å²) in [5.74, 6) is -0.309. The molecule has 4 nitrogen and oxygen atoms in total. The van der Waals surface area contributed by atoms with Gasteiger partial charge in [0.2, 0.25) is 0 Å². The SMILES string of the molecule is Cc1nn(-c2ccccn2)c2c1C(NCc1cc(F)cc(F)c1)CC(C)(C)C2. The van der Waals surface area contributed by atoms with Gasteiger partial charge in [-0.15, -0.1) is 0 Å². The Morgan fingerprint density at radius 1 is 1.18 bits per heavy atom. The van der Waals surface area contributed by atoms with Gasteiger partial charge in [0.15, 0.2) is 5.82 Å². The number of rotatable bonds is 4. The molecule has 0 saturated carbocycles. The number of hydrogen-bond donors (Lipinski definition) is 1. The Morgan fingerprint density at radius 2 is 1.93 bits per heavy atom. The molecule has 28 heavy (non-hydrogen) atoms. The summed E-state index contributed by atoms with van der Waals surface area (Å²) in [6, 6.07) is 9.48. The van der Waals surface area contributed by atoms with Crippen LogP contribution in [0.25, 0.3) is 5.82 Å². The number of fused-ring (bicyclic) bond motifs is 1. The van der Waals surface area contributed by atoms with Crippen molar-refractivity contribution in [3.8, 4) is 5.82 Å². The van der Waals surface area contributed by atoms with Crippen LogP contribution in [-0.4, -0.2) is 14.8 Å². The van der Waals surface area contributed by atoms with Crippen LogP contribution < -0.4 is 5.32 Å². The second kappa shape index (κ2) is 7.09. The van der Waals surface area contributed by atoms with Crippen molar-refractivity contribution in [1.82, 2.24) is 20.1 Å². The van der Waals surface area contributed by atoms with Crippen molar-refractivity contribution < 1.29 is 8.78 Å². The van der Waals surface area contributed by atoms with Crippen LogP contribution in [0.4, 0.5) is 8.78 Å². The molecule has 1 N–H and O–H groups in total. The molecule has 2 heterocycles. The van der Waals surface area contributed by atoms with Crippen molar-refractivity contribution in [2.75, 3.05) is 0 Å². The Balaban J connectivity index is 1.68. The standard InChI is InChI=1S/C22H24F2N4/c1-14-21-18(26-13-15-8-16(23)10-17(24)9-15)11-22(2,3)12-19(21)28(27-14)20-6-4-5-7-25-20/h4-10,18,26H,11-13H2,1-3H3. The Labute approximate surface area is 163 Å². The molecule has 3 aromatic rings. The molecule has 2 aromatic heterocycles. The number of hydrogen-bond acceptors (Lipinski definition) is 3. The van der Waals surface area contributed by atoms with E-state index in [2.05, 4.69) is 24.1 Å². The lowest BCUT2D eigenvalue weighted by atomic mass is 9.73. The Bertz CT molecular complexity index is 975. The van der Waals surface area contributed by atoms with E-state index < -0.39 is 11.6 Å². The summed E-state index contributed by atoms with van der Waals surface area (Å²) < 4.78 is 29.0. The van der Waals surface area contributed by atoms with Gasteiger partial charge in [-0.05, 0) is 55.0 Å². The first kappa shape index (κ1) is 18.7. The van der Waals surface area contributed by atoms with E-state index >= 15 is 0 Å². The summed E-state index contributed by atoms with van der Waals surface area (Å²) in [5.41, 5.74) is 3.94. The van der Waals surface area contributed by atoms with Gasteiger partial charge in [-0.3, -0.25) is 0 Å². The van der Waals surface area contributed by atoms with Gasteiger partial charge in [-0.2, -0.15) is 5.10 Å². The predicted molar refractivity (Wildman–Crippen MR) is 104 cm³/mol. The summed E-state index contributed by atoms with van der Waals surface area (Å²) >= 11 is 0. The molecular formula is C22H24F2N4. The van der Waals surface area contributed by atoms with Gasteiger partial charge in [-0.1, -0.05) is 19.9 Å². The fourth-order valence-corrected chi connectivity index (χ4v) is 4.19. The maximum absolute atomic E-state index is 13.5. The topological polar surface area (TPSA) is 42.7 Å². The third kappa shape index (κ3) is 3.69. The summed E-state index contributed by atoms with van der Waals surface area (Å²) in [4.78, 5) is 4.45. The van der Waals surface area contributed by atoms with Crippen LogP contribution in [0, 0.1) is 24.0 Å². The van der Waals surface area contributed by atoms with Crippen LogP contribution in [-0.2, 0) is 13.0 Å². The van der Waals surface area contributed by atoms with Crippen molar-refractivity contribution >= 4 is 0 Å². The highest BCUT2D eigenvalue weighted by molar-refractivity contribution is 5.38. The van der Waals surface area contributed by atoms with E-state index in [1.54, 1.807) is 6.20 Å². The maximum Gasteiger partial charge on any atom is 0.153 e. The molecule has 1 aliphatic rings. The fraction of sp³-hybridized carbons (Fsp3) is 0.364. The number of aromatic nitrogens is 3. The second-order valence-electron chi connectivity index (χ2n) is 8.30. The van der Waals surface area contributed by atoms with Gasteiger partial charge in [0.1, 0.15) is 11.6 Å². The minimum absolute atomic E-state index is 0.0579. The minimum Gasteiger partial charge on any atom is -0.306 e. The number of aryl methyl sites for hydroxylation is 1. The van der Waals surface area contributed by atoms with E-state index in [-0.39, 0.29) is 11.5 Å². The van der Waals surface area contributed by atoms with Crippen LogP contribution >= 0.6 is 0 Å². The van der Waals surface area contributed by atoms with Gasteiger partial charge in [0.25, 0.3) is 0 Å². The van der Waals surface area contributed by atoms with E-state index in [4.69, 9.17) is 5.10 Å². The number of pyridine rings is 1. The lowest BCUT2D eigenvalue weighted by Gasteiger charge is -2.36. The highest BCUT2D eigenvalue weighted by Gasteiger charge is 2.36. The zero-order valence-corrected chi connectivity index (χ0v) is 16.3. The van der Waals surface area contributed by atoms with Gasteiger partial charge in [0, 0.05) is 30.4 Å². The highest BCUT2D eigenvalue weighted by Crippen LogP contribution is 2.42. The van der Waals surface area contributed by atoms with E-state index in [1.807, 2.05) is 29.8 Å². The smallest absolute Gasteiger partial charge is 0.153 e. The van der Waals surface area contributed by atoms with Crippen LogP contribution in [0.2, 0.25) is 0 Å². The molecule has 0 spiro atoms. The van der Waals surface area contributed by atoms with Gasteiger partial charge < -0.3 is 5.32 Å². The van der Waals surface area contributed by atoms with E-state index in [1.165, 1.54) is 17.7 Å². The van der Waals surface area contributed by atoms with Crippen molar-refractivity contribution in [2.24, 2.45) is 5.41 Å². The van der Waals surface area contributed by atoms with E-state index in [0.29, 0.717) is 12.1 Å². The van der Waals surface area contributed by atoms with Crippen LogP contribution in [0.3, 0.4) is 0 Å². The molecule has 1 atom stereocenters. The number of halogens is 2. The van der Waals surface area contributed by atoms with Gasteiger partial charge in [-0.25, -0.2) is 18.4 Å². The minimum atomic E-state index is -0.555. The van der Waals surface area contributed by atoms with E-state index in [9.17, 15) is 8.78 Å². The molecule has 1 aliphatic carbocycles. The number of nitrogens with zero attached hydrogens (tertiary/aromatic N) is 3. The Morgan fingerprint density at radius 3 is 2.61 bits per heavy atom. The van der Waals surface area contributed by atoms with Crippen LogP contribution in [0.5, 0.6) is 0 Å². The number of nitrogens with one attached hydrogen (secondary N) is 1. The molecule has 0 amide bonds. The Hall–Kier alpha value is -2.60. The predicted octanol–water partition coefficient (Wildman–Crippen LogP) is 4.66. The molecule has 4 rings (SSSR count). The monoisotopic (exact) mass is 382 g/mol. The molecule has 1 unspecified atom stereocenters. The molecule has 0 saturated heterocycles. The fourth-order valence-electron chi connectivity index (χ4n) is 4.19. The van der Waals surface area contributed by atoms with Crippen molar-refractivity contribution in [1.29, 1.82) is 0 Å². The zero-order chi connectivity index (χ0) is 19.9. The summed E-state index contributed by atoms with van der Waals surface area (Å²) in [6.45, 7) is 6.87. The number of benzene rings is 1. The van der Waals surface area contributed by atoms with Crippen molar-refractivity contribution in [2.45, 2.75) is 46.2 Å². The summed E-state index contributed by atoms with van der Waals surface area (Å²) in [7, 11) is 0. The average Bonchev–Trinajstić information content (AvgIpc) is 2.95. The molecule has 0 aliphatic heterocycles. The first-order valence-corrected chi connectivity index (χ1v) is 9.50. The van der Waals surface area contributed by atoms with Crippen molar-refractivity contribution in [3.63, 3.8) is 0 Å². The molecule has 146 valence electrons. The average molecular weight is 382 g/mol. The third-order valence-electron chi connectivity index (χ3n) is 5.30. The molecule has 0 fully saturated rings. The lowest BCUT2D eigenvalue weighted by Crippen LogP contribution is -2.34. The molecule has 0 radical (unpaired) electrons. The zero-order valence-electron chi connectivity index (χ0n) is 16.3. The summed E-state index contributed by atoms with van der Waals surface area (Å²) in [5, 5.41) is 8.26. The highest BCUT2D eigenvalue weighted by atomic mass is 19.1. The lowest BCUT2D eigenvalue weighted by molar-refractivity contribution is 0.252. The first-order chi connectivity index (χ1) is 13.3. The van der Waals surface area contributed by atoms with E-state index in [0.717, 1.165) is 36.1 Å². The molecule has 6 heteroatoms. The van der Waals surface area contributed by atoms with Crippen molar-refractivity contribution in [3.05, 3.63) is 76.7 Å². The molecular weight excluding hydrogens is 358 g/mol. The maximum atomic E-state index is 13.5. The van der Waals surface area contributed by atoms with Crippen LogP contribution in [0.1, 0.15) is 48.8 Å². The Kier molecular flexibility index (Phi) is 4.75. The summed E-state index contributed by atoms with van der Waals surface area (Å²) in [6.07, 6.45) is 3.58.